The zero-order valence-corrected chi connectivity index (χ0v) is 7.57. The molecule has 1 heterocycles. The van der Waals surface area contributed by atoms with Crippen LogP contribution in [0, 0.1) is 0 Å². The summed E-state index contributed by atoms with van der Waals surface area (Å²) in [5.74, 6) is -1.53. The Balaban J connectivity index is 2.92. The number of H-pyrrole nitrogens is 2. The molecule has 0 saturated carbocycles. The number of aromatic nitrogens is 3. The number of nitrogens with one attached hydrogen (secondary N) is 3. The second kappa shape index (κ2) is 4.17. The molecule has 15 heavy (non-hydrogen) atoms. The summed E-state index contributed by atoms with van der Waals surface area (Å²) in [4.78, 5) is 33.8. The predicted octanol–water partition coefficient (Wildman–Crippen LogP) is -1.67. The second-order valence-corrected chi connectivity index (χ2v) is 2.47. The van der Waals surface area contributed by atoms with E-state index in [1.807, 2.05) is 10.1 Å². The topological polar surface area (TPSA) is 140 Å². The Kier molecular flexibility index (Phi) is 2.96. The number of hydrazone groups is 1. The minimum absolute atomic E-state index is 0.248. The monoisotopic (exact) mass is 213 g/mol. The van der Waals surface area contributed by atoms with Gasteiger partial charge in [0.25, 0.3) is 5.56 Å². The highest BCUT2D eigenvalue weighted by molar-refractivity contribution is 6.34. The molecule has 1 aromatic heterocycles. The lowest BCUT2D eigenvalue weighted by Gasteiger charge is -1.96. The normalized spacial score (nSPS) is 11.1. The standard InChI is InChI=1S/C6H7N5O4/c1-2(5(13)14)8-9-3-4(12)7-6(15)11-10-3/h1H3,(H,9,10)(H,13,14)(H2,7,11,12,15)/b8-2+. The Hall–Kier alpha value is -2.45. The van der Waals surface area contributed by atoms with Crippen LogP contribution in [0.25, 0.3) is 0 Å². The third-order valence-electron chi connectivity index (χ3n) is 1.35. The first kappa shape index (κ1) is 10.6. The van der Waals surface area contributed by atoms with Gasteiger partial charge >= 0.3 is 11.7 Å². The molecule has 0 fully saturated rings. The van der Waals surface area contributed by atoms with Crippen molar-refractivity contribution in [1.82, 2.24) is 15.2 Å². The fourth-order valence-corrected chi connectivity index (χ4v) is 0.608. The zero-order chi connectivity index (χ0) is 11.4. The lowest BCUT2D eigenvalue weighted by Crippen LogP contribution is -2.26. The summed E-state index contributed by atoms with van der Waals surface area (Å²) >= 11 is 0. The summed E-state index contributed by atoms with van der Waals surface area (Å²) in [5.41, 5.74) is 0.305. The number of rotatable bonds is 3. The molecule has 9 nitrogen and oxygen atoms in total. The minimum atomic E-state index is -1.23. The first-order chi connectivity index (χ1) is 7.00. The van der Waals surface area contributed by atoms with E-state index in [0.717, 1.165) is 0 Å². The van der Waals surface area contributed by atoms with E-state index >= 15 is 0 Å². The van der Waals surface area contributed by atoms with E-state index in [2.05, 4.69) is 15.6 Å². The Labute approximate surface area is 81.8 Å². The molecule has 4 N–H and O–H groups in total. The number of hydrogen-bond donors (Lipinski definition) is 4. The molecule has 0 spiro atoms. The summed E-state index contributed by atoms with van der Waals surface area (Å²) in [6, 6.07) is 0. The van der Waals surface area contributed by atoms with Crippen molar-refractivity contribution in [2.45, 2.75) is 6.92 Å². The van der Waals surface area contributed by atoms with Crippen LogP contribution in [0.2, 0.25) is 0 Å². The molecule has 0 atom stereocenters. The number of carboxylic acid groups (broad SMARTS) is 1. The number of carboxylic acids is 1. The number of aliphatic carboxylic acids is 1. The quantitative estimate of drug-likeness (QED) is 0.349. The van der Waals surface area contributed by atoms with E-state index in [1.54, 1.807) is 0 Å². The third kappa shape index (κ3) is 2.76. The van der Waals surface area contributed by atoms with Gasteiger partial charge in [-0.2, -0.15) is 5.10 Å². The smallest absolute Gasteiger partial charge is 0.351 e. The van der Waals surface area contributed by atoms with E-state index < -0.39 is 17.2 Å². The van der Waals surface area contributed by atoms with E-state index in [4.69, 9.17) is 5.11 Å². The van der Waals surface area contributed by atoms with E-state index in [9.17, 15) is 14.4 Å². The average Bonchev–Trinajstić information content (AvgIpc) is 2.15. The first-order valence-electron chi connectivity index (χ1n) is 3.73. The largest absolute Gasteiger partial charge is 0.477 e. The van der Waals surface area contributed by atoms with Gasteiger partial charge in [0.15, 0.2) is 0 Å². The van der Waals surface area contributed by atoms with Crippen LogP contribution >= 0.6 is 0 Å². The highest BCUT2D eigenvalue weighted by Crippen LogP contribution is 1.87. The molecule has 0 amide bonds. The lowest BCUT2D eigenvalue weighted by atomic mass is 10.4. The summed E-state index contributed by atoms with van der Waals surface area (Å²) < 4.78 is 0. The average molecular weight is 213 g/mol. The maximum atomic E-state index is 11.0. The van der Waals surface area contributed by atoms with Crippen LogP contribution in [0.1, 0.15) is 6.92 Å². The van der Waals surface area contributed by atoms with Crippen LogP contribution in [0.3, 0.4) is 0 Å². The predicted molar refractivity (Wildman–Crippen MR) is 49.8 cm³/mol. The van der Waals surface area contributed by atoms with Gasteiger partial charge in [0.1, 0.15) is 5.71 Å². The van der Waals surface area contributed by atoms with E-state index in [0.29, 0.717) is 0 Å². The molecule has 9 heteroatoms. The van der Waals surface area contributed by atoms with Crippen LogP contribution in [-0.4, -0.2) is 32.0 Å². The molecule has 0 bridgehead atoms. The minimum Gasteiger partial charge on any atom is -0.477 e. The third-order valence-corrected chi connectivity index (χ3v) is 1.35. The molecule has 0 aromatic carbocycles. The Bertz CT molecular complexity index is 513. The summed E-state index contributed by atoms with van der Waals surface area (Å²) in [6.07, 6.45) is 0. The van der Waals surface area contributed by atoms with Crippen molar-refractivity contribution in [2.24, 2.45) is 5.10 Å². The highest BCUT2D eigenvalue weighted by Gasteiger charge is 2.03. The van der Waals surface area contributed by atoms with Crippen molar-refractivity contribution in [3.63, 3.8) is 0 Å². The Morgan fingerprint density at radius 2 is 2.20 bits per heavy atom. The van der Waals surface area contributed by atoms with Crippen LogP contribution in [0.4, 0.5) is 5.82 Å². The molecule has 0 saturated heterocycles. The van der Waals surface area contributed by atoms with Crippen molar-refractivity contribution in [3.8, 4) is 0 Å². The maximum Gasteiger partial charge on any atom is 0.351 e. The molecular weight excluding hydrogens is 206 g/mol. The fourth-order valence-electron chi connectivity index (χ4n) is 0.608. The van der Waals surface area contributed by atoms with Crippen molar-refractivity contribution >= 4 is 17.5 Å². The van der Waals surface area contributed by atoms with Crippen LogP contribution in [0.15, 0.2) is 14.7 Å². The number of hydrogen-bond acceptors (Lipinski definition) is 6. The Morgan fingerprint density at radius 1 is 1.53 bits per heavy atom. The molecule has 0 aliphatic rings. The highest BCUT2D eigenvalue weighted by atomic mass is 16.4. The molecule has 0 unspecified atom stereocenters. The maximum absolute atomic E-state index is 11.0. The number of anilines is 1. The van der Waals surface area contributed by atoms with E-state index in [-0.39, 0.29) is 11.5 Å². The zero-order valence-electron chi connectivity index (χ0n) is 7.57. The fraction of sp³-hybridized carbons (Fsp3) is 0.167. The van der Waals surface area contributed by atoms with Gasteiger partial charge in [-0.05, 0) is 6.92 Å². The number of aromatic amines is 2. The number of carbonyl (C=O) groups is 1. The van der Waals surface area contributed by atoms with Crippen molar-refractivity contribution in [3.05, 3.63) is 20.8 Å². The van der Waals surface area contributed by atoms with Gasteiger partial charge in [0, 0.05) is 0 Å². The Morgan fingerprint density at radius 3 is 2.73 bits per heavy atom. The lowest BCUT2D eigenvalue weighted by molar-refractivity contribution is -0.129. The molecule has 0 aliphatic carbocycles. The van der Waals surface area contributed by atoms with Gasteiger partial charge in [-0.25, -0.2) is 14.7 Å². The molecule has 80 valence electrons. The van der Waals surface area contributed by atoms with Gasteiger partial charge in [-0.3, -0.25) is 15.2 Å². The van der Waals surface area contributed by atoms with Crippen LogP contribution < -0.4 is 16.7 Å². The van der Waals surface area contributed by atoms with Gasteiger partial charge in [-0.1, -0.05) is 0 Å². The number of nitrogens with zero attached hydrogens (tertiary/aromatic N) is 2. The molecule has 1 rings (SSSR count). The molecule has 0 aliphatic heterocycles. The van der Waals surface area contributed by atoms with Gasteiger partial charge < -0.3 is 5.11 Å². The first-order valence-corrected chi connectivity index (χ1v) is 3.73. The molecular formula is C6H7N5O4. The summed E-state index contributed by atoms with van der Waals surface area (Å²) in [5, 5.41) is 17.1. The molecule has 0 radical (unpaired) electrons. The van der Waals surface area contributed by atoms with Crippen LogP contribution in [-0.2, 0) is 4.79 Å². The summed E-state index contributed by atoms with van der Waals surface area (Å²) in [6.45, 7) is 1.23. The van der Waals surface area contributed by atoms with Gasteiger partial charge in [0.05, 0.1) is 0 Å². The van der Waals surface area contributed by atoms with Crippen LogP contribution in [0.5, 0.6) is 0 Å². The second-order valence-electron chi connectivity index (χ2n) is 2.47. The SMILES string of the molecule is C/C(=N\Nc1n[nH]c(=O)[nH]c1=O)C(=O)O. The summed E-state index contributed by atoms with van der Waals surface area (Å²) in [7, 11) is 0. The van der Waals surface area contributed by atoms with Crippen molar-refractivity contribution < 1.29 is 9.90 Å². The van der Waals surface area contributed by atoms with Gasteiger partial charge in [0.2, 0.25) is 5.82 Å². The molecule has 1 aromatic rings. The van der Waals surface area contributed by atoms with Gasteiger partial charge in [-0.15, -0.1) is 5.10 Å². The van der Waals surface area contributed by atoms with E-state index in [1.165, 1.54) is 6.92 Å². The van der Waals surface area contributed by atoms with Crippen molar-refractivity contribution in [1.29, 1.82) is 0 Å². The van der Waals surface area contributed by atoms with Crippen molar-refractivity contribution in [2.75, 3.05) is 5.43 Å².